The Hall–Kier alpha value is -2.99. The molecule has 0 unspecified atom stereocenters. The summed E-state index contributed by atoms with van der Waals surface area (Å²) in [5.41, 5.74) is 5.91. The minimum atomic E-state index is 0.0188. The molecule has 0 saturated carbocycles. The van der Waals surface area contributed by atoms with Crippen LogP contribution >= 0.6 is 11.8 Å². The molecule has 0 fully saturated rings. The number of imidazole rings is 1. The number of H-pyrrole nitrogens is 1. The number of benzene rings is 2. The number of fused-ring (bicyclic) bond motifs is 1. The Balaban J connectivity index is 1.33. The van der Waals surface area contributed by atoms with Crippen LogP contribution in [0.5, 0.6) is 0 Å². The first-order valence-electron chi connectivity index (χ1n) is 9.68. The fraction of sp³-hybridized carbons (Fsp3) is 0.217. The number of aromatic nitrogens is 3. The van der Waals surface area contributed by atoms with Crippen LogP contribution in [0.2, 0.25) is 0 Å². The van der Waals surface area contributed by atoms with Crippen molar-refractivity contribution in [2.75, 3.05) is 12.3 Å². The van der Waals surface area contributed by atoms with Crippen molar-refractivity contribution < 1.29 is 4.79 Å². The van der Waals surface area contributed by atoms with Crippen molar-refractivity contribution in [3.05, 3.63) is 77.7 Å². The molecule has 0 atom stereocenters. The number of carbonyl (C=O) groups is 1. The summed E-state index contributed by atoms with van der Waals surface area (Å²) in [6.45, 7) is 4.83. The molecule has 0 aliphatic carbocycles. The third kappa shape index (κ3) is 4.22. The Morgan fingerprint density at radius 3 is 2.93 bits per heavy atom. The van der Waals surface area contributed by atoms with E-state index in [-0.39, 0.29) is 5.91 Å². The van der Waals surface area contributed by atoms with Crippen molar-refractivity contribution in [3.8, 4) is 5.69 Å². The molecular formula is C23H24N4OS. The molecule has 2 aromatic carbocycles. The topological polar surface area (TPSA) is 62.7 Å². The summed E-state index contributed by atoms with van der Waals surface area (Å²) in [6, 6.07) is 14.4. The minimum Gasteiger partial charge on any atom is -0.361 e. The number of nitrogens with zero attached hydrogens (tertiary/aromatic N) is 2. The Kier molecular flexibility index (Phi) is 5.71. The summed E-state index contributed by atoms with van der Waals surface area (Å²) < 4.78 is 2.05. The molecule has 2 aromatic heterocycles. The van der Waals surface area contributed by atoms with Crippen LogP contribution in [0.25, 0.3) is 16.6 Å². The number of aryl methyl sites for hydroxylation is 1. The van der Waals surface area contributed by atoms with E-state index in [1.807, 2.05) is 35.2 Å². The monoisotopic (exact) mass is 404 g/mol. The van der Waals surface area contributed by atoms with Gasteiger partial charge in [0.05, 0.1) is 11.4 Å². The van der Waals surface area contributed by atoms with Gasteiger partial charge in [0.15, 0.2) is 5.16 Å². The lowest BCUT2D eigenvalue weighted by Gasteiger charge is -2.12. The highest BCUT2D eigenvalue weighted by Gasteiger charge is 2.11. The van der Waals surface area contributed by atoms with Gasteiger partial charge >= 0.3 is 0 Å². The molecular weight excluding hydrogens is 380 g/mol. The van der Waals surface area contributed by atoms with Crippen molar-refractivity contribution in [2.45, 2.75) is 25.4 Å². The van der Waals surface area contributed by atoms with E-state index in [0.717, 1.165) is 22.8 Å². The van der Waals surface area contributed by atoms with Gasteiger partial charge in [-0.05, 0) is 49.1 Å². The second-order valence-electron chi connectivity index (χ2n) is 7.05. The predicted octanol–water partition coefficient (Wildman–Crippen LogP) is 4.42. The van der Waals surface area contributed by atoms with Gasteiger partial charge in [0, 0.05) is 36.0 Å². The maximum absolute atomic E-state index is 12.3. The third-order valence-electron chi connectivity index (χ3n) is 5.17. The molecule has 0 spiro atoms. The van der Waals surface area contributed by atoms with E-state index in [2.05, 4.69) is 53.4 Å². The first-order chi connectivity index (χ1) is 14.1. The molecule has 2 N–H and O–H groups in total. The third-order valence-corrected chi connectivity index (χ3v) is 6.13. The van der Waals surface area contributed by atoms with Crippen LogP contribution in [0.1, 0.15) is 16.7 Å². The molecule has 1 amide bonds. The second kappa shape index (κ2) is 8.57. The Bertz CT molecular complexity index is 1140. The zero-order valence-electron chi connectivity index (χ0n) is 16.6. The van der Waals surface area contributed by atoms with Crippen molar-refractivity contribution >= 4 is 28.6 Å². The quantitative estimate of drug-likeness (QED) is 0.448. The highest BCUT2D eigenvalue weighted by molar-refractivity contribution is 7.99. The summed E-state index contributed by atoms with van der Waals surface area (Å²) in [4.78, 5) is 20.0. The number of thioether (sulfide) groups is 1. The molecule has 5 nitrogen and oxygen atoms in total. The van der Waals surface area contributed by atoms with E-state index in [1.54, 1.807) is 6.20 Å². The highest BCUT2D eigenvalue weighted by Crippen LogP contribution is 2.24. The number of para-hydroxylation sites is 1. The van der Waals surface area contributed by atoms with Gasteiger partial charge < -0.3 is 10.3 Å². The minimum absolute atomic E-state index is 0.0188. The van der Waals surface area contributed by atoms with E-state index in [4.69, 9.17) is 0 Å². The van der Waals surface area contributed by atoms with Gasteiger partial charge in [0.2, 0.25) is 5.91 Å². The van der Waals surface area contributed by atoms with Crippen molar-refractivity contribution in [2.24, 2.45) is 0 Å². The van der Waals surface area contributed by atoms with Crippen LogP contribution < -0.4 is 5.32 Å². The number of carbonyl (C=O) groups excluding carboxylic acids is 1. The van der Waals surface area contributed by atoms with Crippen LogP contribution in [0.15, 0.2) is 66.2 Å². The molecule has 148 valence electrons. The molecule has 4 rings (SSSR count). The molecule has 0 aliphatic heterocycles. The summed E-state index contributed by atoms with van der Waals surface area (Å²) in [5, 5.41) is 5.06. The molecule has 29 heavy (non-hydrogen) atoms. The van der Waals surface area contributed by atoms with Crippen LogP contribution in [0.4, 0.5) is 0 Å². The van der Waals surface area contributed by atoms with Crippen LogP contribution in [-0.2, 0) is 11.2 Å². The van der Waals surface area contributed by atoms with E-state index >= 15 is 0 Å². The fourth-order valence-corrected chi connectivity index (χ4v) is 4.23. The summed E-state index contributed by atoms with van der Waals surface area (Å²) in [6.07, 6.45) is 6.54. The SMILES string of the molecule is Cc1cccc(-n2ccnc2SCC(=O)NCCc2c[nH]c3ccccc23)c1C. The van der Waals surface area contributed by atoms with Gasteiger partial charge in [-0.15, -0.1) is 0 Å². The van der Waals surface area contributed by atoms with Crippen LogP contribution in [-0.4, -0.2) is 32.7 Å². The van der Waals surface area contributed by atoms with Crippen molar-refractivity contribution in [3.63, 3.8) is 0 Å². The zero-order valence-corrected chi connectivity index (χ0v) is 17.4. The van der Waals surface area contributed by atoms with Gasteiger partial charge in [0.25, 0.3) is 0 Å². The van der Waals surface area contributed by atoms with Crippen molar-refractivity contribution in [1.82, 2.24) is 19.9 Å². The van der Waals surface area contributed by atoms with Crippen LogP contribution in [0, 0.1) is 13.8 Å². The standard InChI is InChI=1S/C23H24N4OS/c1-16-6-5-9-21(17(16)2)27-13-12-25-23(27)29-15-22(28)24-11-10-18-14-26-20-8-4-3-7-19(18)20/h3-9,12-14,26H,10-11,15H2,1-2H3,(H,24,28). The second-order valence-corrected chi connectivity index (χ2v) is 7.99. The number of hydrogen-bond donors (Lipinski definition) is 2. The van der Waals surface area contributed by atoms with E-state index in [0.29, 0.717) is 12.3 Å². The highest BCUT2D eigenvalue weighted by atomic mass is 32.2. The average molecular weight is 405 g/mol. The number of aromatic amines is 1. The van der Waals surface area contributed by atoms with Gasteiger partial charge in [-0.1, -0.05) is 42.1 Å². The smallest absolute Gasteiger partial charge is 0.230 e. The predicted molar refractivity (Wildman–Crippen MR) is 119 cm³/mol. The van der Waals surface area contributed by atoms with Crippen molar-refractivity contribution in [1.29, 1.82) is 0 Å². The molecule has 0 saturated heterocycles. The van der Waals surface area contributed by atoms with Gasteiger partial charge in [-0.3, -0.25) is 9.36 Å². The summed E-state index contributed by atoms with van der Waals surface area (Å²) in [7, 11) is 0. The lowest BCUT2D eigenvalue weighted by molar-refractivity contribution is -0.118. The molecule has 0 bridgehead atoms. The van der Waals surface area contributed by atoms with Gasteiger partial charge in [-0.2, -0.15) is 0 Å². The van der Waals surface area contributed by atoms with Crippen LogP contribution in [0.3, 0.4) is 0 Å². The fourth-order valence-electron chi connectivity index (χ4n) is 3.43. The maximum atomic E-state index is 12.3. The first-order valence-corrected chi connectivity index (χ1v) is 10.7. The number of rotatable bonds is 7. The van der Waals surface area contributed by atoms with E-state index in [1.165, 1.54) is 33.8 Å². The van der Waals surface area contributed by atoms with Gasteiger partial charge in [0.1, 0.15) is 0 Å². The Morgan fingerprint density at radius 2 is 2.03 bits per heavy atom. The molecule has 4 aromatic rings. The lowest BCUT2D eigenvalue weighted by Crippen LogP contribution is -2.27. The van der Waals surface area contributed by atoms with E-state index in [9.17, 15) is 4.79 Å². The molecule has 6 heteroatoms. The van der Waals surface area contributed by atoms with Gasteiger partial charge in [-0.25, -0.2) is 4.98 Å². The normalized spacial score (nSPS) is 11.1. The largest absolute Gasteiger partial charge is 0.361 e. The maximum Gasteiger partial charge on any atom is 0.230 e. The molecule has 2 heterocycles. The number of hydrogen-bond acceptors (Lipinski definition) is 3. The zero-order chi connectivity index (χ0) is 20.2. The molecule has 0 aliphatic rings. The Morgan fingerprint density at radius 1 is 1.17 bits per heavy atom. The average Bonchev–Trinajstić information content (AvgIpc) is 3.36. The molecule has 0 radical (unpaired) electrons. The summed E-state index contributed by atoms with van der Waals surface area (Å²) in [5.74, 6) is 0.362. The lowest BCUT2D eigenvalue weighted by atomic mass is 10.1. The number of nitrogens with one attached hydrogen (secondary N) is 2. The summed E-state index contributed by atoms with van der Waals surface area (Å²) >= 11 is 1.46. The first kappa shape index (κ1) is 19.3. The van der Waals surface area contributed by atoms with E-state index < -0.39 is 0 Å². The Labute approximate surface area is 174 Å². The number of amides is 1.